The van der Waals surface area contributed by atoms with E-state index in [4.69, 9.17) is 9.52 Å². The number of hydrogen-bond donors (Lipinski definition) is 1. The summed E-state index contributed by atoms with van der Waals surface area (Å²) in [6, 6.07) is 1.95. The maximum atomic E-state index is 5.03. The van der Waals surface area contributed by atoms with E-state index in [-0.39, 0.29) is 24.0 Å². The fourth-order valence-electron chi connectivity index (χ4n) is 4.29. The molecule has 0 saturated carbocycles. The molecule has 0 radical (unpaired) electrons. The molecule has 2 fully saturated rings. The van der Waals surface area contributed by atoms with Crippen molar-refractivity contribution >= 4 is 29.9 Å². The number of piperazine rings is 1. The molecule has 1 aromatic rings. The van der Waals surface area contributed by atoms with E-state index in [9.17, 15) is 0 Å². The molecule has 0 aromatic carbocycles. The minimum atomic E-state index is 0. The molecule has 1 atom stereocenters. The predicted octanol–water partition coefficient (Wildman–Crippen LogP) is 2.74. The van der Waals surface area contributed by atoms with Crippen molar-refractivity contribution in [3.05, 3.63) is 18.0 Å². The van der Waals surface area contributed by atoms with Gasteiger partial charge in [-0.25, -0.2) is 0 Å². The van der Waals surface area contributed by atoms with Crippen LogP contribution in [0.3, 0.4) is 0 Å². The van der Waals surface area contributed by atoms with Gasteiger partial charge in [-0.1, -0.05) is 19.0 Å². The lowest BCUT2D eigenvalue weighted by Gasteiger charge is -2.37. The normalized spacial score (nSPS) is 22.0. The van der Waals surface area contributed by atoms with Crippen LogP contribution in [0, 0.1) is 11.8 Å². The molecule has 0 bridgehead atoms. The number of piperidine rings is 1. The summed E-state index contributed by atoms with van der Waals surface area (Å²) in [7, 11) is 0. The Morgan fingerprint density at radius 1 is 1.24 bits per heavy atom. The van der Waals surface area contributed by atoms with Gasteiger partial charge in [0.05, 0.1) is 5.69 Å². The van der Waals surface area contributed by atoms with Crippen LogP contribution in [0.2, 0.25) is 0 Å². The lowest BCUT2D eigenvalue weighted by atomic mass is 9.97. The first-order chi connectivity index (χ1) is 13.6. The fraction of sp³-hybridized carbons (Fsp3) is 0.810. The van der Waals surface area contributed by atoms with Gasteiger partial charge in [0, 0.05) is 65.0 Å². The number of nitrogens with one attached hydrogen (secondary N) is 1. The third kappa shape index (κ3) is 8.05. The molecule has 7 nitrogen and oxygen atoms in total. The van der Waals surface area contributed by atoms with Gasteiger partial charge in [0.25, 0.3) is 0 Å². The molecule has 0 spiro atoms. The SMILES string of the molecule is CCNC(=NCC1CCCN(CC(C)C)C1)N1CCN(Cc2ccon2)CC1.I. The topological polar surface area (TPSA) is 60.1 Å². The third-order valence-corrected chi connectivity index (χ3v) is 5.61. The van der Waals surface area contributed by atoms with Crippen LogP contribution in [-0.4, -0.2) is 84.7 Å². The summed E-state index contributed by atoms with van der Waals surface area (Å²) in [5, 5.41) is 7.54. The average molecular weight is 518 g/mol. The summed E-state index contributed by atoms with van der Waals surface area (Å²) >= 11 is 0. The Morgan fingerprint density at radius 3 is 2.69 bits per heavy atom. The molecule has 166 valence electrons. The van der Waals surface area contributed by atoms with Gasteiger partial charge >= 0.3 is 0 Å². The zero-order valence-corrected chi connectivity index (χ0v) is 20.7. The van der Waals surface area contributed by atoms with Crippen molar-refractivity contribution in [2.45, 2.75) is 40.2 Å². The van der Waals surface area contributed by atoms with Gasteiger partial charge in [0.1, 0.15) is 6.26 Å². The van der Waals surface area contributed by atoms with Gasteiger partial charge in [-0.05, 0) is 38.1 Å². The highest BCUT2D eigenvalue weighted by Gasteiger charge is 2.23. The van der Waals surface area contributed by atoms with Crippen molar-refractivity contribution in [3.8, 4) is 0 Å². The number of halogens is 1. The molecule has 2 aliphatic heterocycles. The Labute approximate surface area is 193 Å². The van der Waals surface area contributed by atoms with E-state index in [2.05, 4.69) is 45.9 Å². The monoisotopic (exact) mass is 518 g/mol. The van der Waals surface area contributed by atoms with Crippen molar-refractivity contribution in [3.63, 3.8) is 0 Å². The highest BCUT2D eigenvalue weighted by atomic mass is 127. The molecule has 0 aliphatic carbocycles. The van der Waals surface area contributed by atoms with E-state index in [1.165, 1.54) is 32.5 Å². The molecule has 1 N–H and O–H groups in total. The van der Waals surface area contributed by atoms with E-state index in [0.29, 0.717) is 5.92 Å². The Morgan fingerprint density at radius 2 is 2.03 bits per heavy atom. The minimum absolute atomic E-state index is 0. The lowest BCUT2D eigenvalue weighted by molar-refractivity contribution is 0.159. The number of likely N-dealkylation sites (tertiary alicyclic amines) is 1. The number of hydrogen-bond acceptors (Lipinski definition) is 5. The zero-order chi connectivity index (χ0) is 19.8. The van der Waals surface area contributed by atoms with Gasteiger partial charge < -0.3 is 19.6 Å². The molecule has 2 aliphatic rings. The summed E-state index contributed by atoms with van der Waals surface area (Å²) in [6.45, 7) is 17.3. The zero-order valence-electron chi connectivity index (χ0n) is 18.3. The Bertz CT molecular complexity index is 586. The van der Waals surface area contributed by atoms with Crippen LogP contribution < -0.4 is 5.32 Å². The Kier molecular flexibility index (Phi) is 10.7. The summed E-state index contributed by atoms with van der Waals surface area (Å²) < 4.78 is 4.95. The maximum Gasteiger partial charge on any atom is 0.194 e. The minimum Gasteiger partial charge on any atom is -0.364 e. The molecule has 8 heteroatoms. The van der Waals surface area contributed by atoms with E-state index >= 15 is 0 Å². The first-order valence-electron chi connectivity index (χ1n) is 11.0. The summed E-state index contributed by atoms with van der Waals surface area (Å²) in [6.07, 6.45) is 4.27. The van der Waals surface area contributed by atoms with E-state index in [0.717, 1.165) is 63.4 Å². The van der Waals surface area contributed by atoms with Crippen LogP contribution >= 0.6 is 24.0 Å². The molecular formula is C21H39IN6O. The van der Waals surface area contributed by atoms with Crippen molar-refractivity contribution in [2.75, 3.05) is 58.9 Å². The number of nitrogens with zero attached hydrogens (tertiary/aromatic N) is 5. The van der Waals surface area contributed by atoms with E-state index in [1.807, 2.05) is 6.07 Å². The predicted molar refractivity (Wildman–Crippen MR) is 129 cm³/mol. The van der Waals surface area contributed by atoms with Gasteiger partial charge in [-0.2, -0.15) is 0 Å². The quantitative estimate of drug-likeness (QED) is 0.341. The second-order valence-corrected chi connectivity index (χ2v) is 8.61. The lowest BCUT2D eigenvalue weighted by Crippen LogP contribution is -2.52. The first kappa shape index (κ1) is 24.4. The van der Waals surface area contributed by atoms with Crippen LogP contribution in [0.25, 0.3) is 0 Å². The Balaban J connectivity index is 0.00000300. The largest absolute Gasteiger partial charge is 0.364 e. The van der Waals surface area contributed by atoms with Crippen LogP contribution in [-0.2, 0) is 6.54 Å². The first-order valence-corrected chi connectivity index (χ1v) is 11.0. The van der Waals surface area contributed by atoms with Crippen LogP contribution in [0.5, 0.6) is 0 Å². The van der Waals surface area contributed by atoms with Crippen LogP contribution in [0.1, 0.15) is 39.3 Å². The summed E-state index contributed by atoms with van der Waals surface area (Å²) in [5.74, 6) is 2.52. The van der Waals surface area contributed by atoms with Gasteiger partial charge in [0.2, 0.25) is 0 Å². The van der Waals surface area contributed by atoms with E-state index in [1.54, 1.807) is 6.26 Å². The smallest absolute Gasteiger partial charge is 0.194 e. The highest BCUT2D eigenvalue weighted by molar-refractivity contribution is 14.0. The molecule has 2 saturated heterocycles. The molecule has 1 unspecified atom stereocenters. The highest BCUT2D eigenvalue weighted by Crippen LogP contribution is 2.18. The third-order valence-electron chi connectivity index (χ3n) is 5.61. The van der Waals surface area contributed by atoms with Crippen molar-refractivity contribution < 1.29 is 4.52 Å². The van der Waals surface area contributed by atoms with Crippen molar-refractivity contribution in [1.29, 1.82) is 0 Å². The van der Waals surface area contributed by atoms with Crippen LogP contribution in [0.15, 0.2) is 21.8 Å². The summed E-state index contributed by atoms with van der Waals surface area (Å²) in [5.41, 5.74) is 1.01. The van der Waals surface area contributed by atoms with E-state index < -0.39 is 0 Å². The molecule has 1 aromatic heterocycles. The molecule has 3 heterocycles. The molecule has 0 amide bonds. The van der Waals surface area contributed by atoms with Gasteiger partial charge in [-0.15, -0.1) is 24.0 Å². The molecule has 29 heavy (non-hydrogen) atoms. The van der Waals surface area contributed by atoms with Gasteiger partial charge in [0.15, 0.2) is 5.96 Å². The second-order valence-electron chi connectivity index (χ2n) is 8.61. The standard InChI is InChI=1S/C21H38N6O.HI/c1-4-22-21(23-14-19-6-5-8-26(16-19)15-18(2)3)27-11-9-25(10-12-27)17-20-7-13-28-24-20;/h7,13,18-19H,4-6,8-12,14-17H2,1-3H3,(H,22,23);1H. The average Bonchev–Trinajstić information content (AvgIpc) is 3.19. The van der Waals surface area contributed by atoms with Crippen molar-refractivity contribution in [2.24, 2.45) is 16.8 Å². The number of guanidine groups is 1. The maximum absolute atomic E-state index is 5.03. The second kappa shape index (κ2) is 12.7. The van der Waals surface area contributed by atoms with Gasteiger partial charge in [-0.3, -0.25) is 9.89 Å². The molecular weight excluding hydrogens is 479 g/mol. The summed E-state index contributed by atoms with van der Waals surface area (Å²) in [4.78, 5) is 12.5. The molecule has 3 rings (SSSR count). The van der Waals surface area contributed by atoms with Crippen molar-refractivity contribution in [1.82, 2.24) is 25.2 Å². The Hall–Kier alpha value is -0.870. The van der Waals surface area contributed by atoms with Crippen LogP contribution in [0.4, 0.5) is 0 Å². The number of aliphatic imine (C=N–C) groups is 1. The fourth-order valence-corrected chi connectivity index (χ4v) is 4.29. The number of rotatable bonds is 7. The number of aromatic nitrogens is 1.